The molecule has 0 bridgehead atoms. The molecule has 1 aliphatic rings. The summed E-state index contributed by atoms with van der Waals surface area (Å²) in [7, 11) is 0. The third-order valence-corrected chi connectivity index (χ3v) is 4.08. The lowest BCUT2D eigenvalue weighted by atomic mass is 10.0. The number of amides is 1. The van der Waals surface area contributed by atoms with Gasteiger partial charge in [0, 0.05) is 5.92 Å². The molecule has 0 aliphatic heterocycles. The average molecular weight is 329 g/mol. The number of aryl methyl sites for hydroxylation is 1. The summed E-state index contributed by atoms with van der Waals surface area (Å²) in [6.45, 7) is 1.76. The van der Waals surface area contributed by atoms with Crippen LogP contribution >= 0.6 is 0 Å². The molecule has 0 radical (unpaired) electrons. The molecule has 1 amide bonds. The predicted molar refractivity (Wildman–Crippen MR) is 89.4 cm³/mol. The number of anilines is 1. The van der Waals surface area contributed by atoms with E-state index in [1.807, 2.05) is 6.07 Å². The van der Waals surface area contributed by atoms with E-state index in [2.05, 4.69) is 5.32 Å². The fraction of sp³-hybridized carbons (Fsp3) is 0.316. The highest BCUT2D eigenvalue weighted by molar-refractivity contribution is 5.95. The number of para-hydroxylation sites is 2. The number of nitrogens with one attached hydrogen (secondary N) is 1. The number of rotatable bonds is 6. The second kappa shape index (κ2) is 7.01. The predicted octanol–water partition coefficient (Wildman–Crippen LogP) is 3.60. The molecule has 0 saturated heterocycles. The molecule has 3 rings (SSSR count). The minimum atomic E-state index is -0.877. The molecule has 1 atom stereocenters. The van der Waals surface area contributed by atoms with Crippen LogP contribution in [0.15, 0.2) is 42.5 Å². The Balaban J connectivity index is 1.66. The Morgan fingerprint density at radius 2 is 2.08 bits per heavy atom. The number of aliphatic hydroxyl groups excluding tert-OH is 1. The van der Waals surface area contributed by atoms with Gasteiger partial charge in [0.05, 0.1) is 5.69 Å². The van der Waals surface area contributed by atoms with Crippen LogP contribution in [0.4, 0.5) is 10.1 Å². The standard InChI is InChI=1S/C19H20FNO3/c1-12-10-14(20)8-9-15(12)17(22)11-24-18-5-3-2-4-16(18)21-19(23)13-6-7-13/h2-5,8-10,13,17,22H,6-7,11H2,1H3,(H,21,23). The van der Waals surface area contributed by atoms with Crippen LogP contribution in [0.25, 0.3) is 0 Å². The maximum Gasteiger partial charge on any atom is 0.227 e. The molecule has 2 aromatic rings. The van der Waals surface area contributed by atoms with E-state index >= 15 is 0 Å². The summed E-state index contributed by atoms with van der Waals surface area (Å²) >= 11 is 0. The van der Waals surface area contributed by atoms with Crippen LogP contribution in [0.1, 0.15) is 30.1 Å². The normalized spacial score (nSPS) is 15.0. The van der Waals surface area contributed by atoms with Crippen LogP contribution in [0.3, 0.4) is 0 Å². The van der Waals surface area contributed by atoms with E-state index in [0.717, 1.165) is 12.8 Å². The van der Waals surface area contributed by atoms with Gasteiger partial charge in [-0.25, -0.2) is 4.39 Å². The van der Waals surface area contributed by atoms with Gasteiger partial charge in [0.1, 0.15) is 24.3 Å². The molecule has 1 fully saturated rings. The highest BCUT2D eigenvalue weighted by Gasteiger charge is 2.30. The quantitative estimate of drug-likeness (QED) is 0.851. The van der Waals surface area contributed by atoms with Crippen molar-refractivity contribution in [3.8, 4) is 5.75 Å². The summed E-state index contributed by atoms with van der Waals surface area (Å²) in [5.41, 5.74) is 1.88. The molecule has 0 heterocycles. The first-order valence-corrected chi connectivity index (χ1v) is 8.01. The van der Waals surface area contributed by atoms with Crippen LogP contribution in [0.2, 0.25) is 0 Å². The monoisotopic (exact) mass is 329 g/mol. The van der Waals surface area contributed by atoms with Gasteiger partial charge in [-0.1, -0.05) is 18.2 Å². The summed E-state index contributed by atoms with van der Waals surface area (Å²) in [6.07, 6.45) is 0.979. The zero-order chi connectivity index (χ0) is 17.1. The lowest BCUT2D eigenvalue weighted by Crippen LogP contribution is -2.16. The molecule has 1 aliphatic carbocycles. The minimum absolute atomic E-state index is 0.000905. The van der Waals surface area contributed by atoms with Crippen molar-refractivity contribution in [3.05, 3.63) is 59.4 Å². The van der Waals surface area contributed by atoms with Crippen molar-refractivity contribution in [2.75, 3.05) is 11.9 Å². The minimum Gasteiger partial charge on any atom is -0.488 e. The van der Waals surface area contributed by atoms with Crippen LogP contribution in [0, 0.1) is 18.7 Å². The largest absolute Gasteiger partial charge is 0.488 e. The maximum absolute atomic E-state index is 13.2. The van der Waals surface area contributed by atoms with E-state index in [-0.39, 0.29) is 24.2 Å². The third kappa shape index (κ3) is 3.92. The number of hydrogen-bond donors (Lipinski definition) is 2. The van der Waals surface area contributed by atoms with Crippen molar-refractivity contribution >= 4 is 11.6 Å². The van der Waals surface area contributed by atoms with E-state index < -0.39 is 6.10 Å². The molecule has 0 aromatic heterocycles. The smallest absolute Gasteiger partial charge is 0.227 e. The van der Waals surface area contributed by atoms with Crippen molar-refractivity contribution in [1.82, 2.24) is 0 Å². The van der Waals surface area contributed by atoms with Crippen LogP contribution in [-0.4, -0.2) is 17.6 Å². The molecule has 5 heteroatoms. The summed E-state index contributed by atoms with van der Waals surface area (Å²) in [5, 5.41) is 13.1. The molecule has 2 aromatic carbocycles. The summed E-state index contributed by atoms with van der Waals surface area (Å²) < 4.78 is 18.8. The summed E-state index contributed by atoms with van der Waals surface area (Å²) in [6, 6.07) is 11.4. The number of aliphatic hydroxyl groups is 1. The Morgan fingerprint density at radius 1 is 1.33 bits per heavy atom. The first kappa shape index (κ1) is 16.5. The number of carbonyl (C=O) groups excluding carboxylic acids is 1. The SMILES string of the molecule is Cc1cc(F)ccc1C(O)COc1ccccc1NC(=O)C1CC1. The Bertz CT molecular complexity index is 743. The highest BCUT2D eigenvalue weighted by atomic mass is 19.1. The van der Waals surface area contributed by atoms with E-state index in [1.54, 1.807) is 31.2 Å². The van der Waals surface area contributed by atoms with Crippen molar-refractivity contribution < 1.29 is 19.0 Å². The van der Waals surface area contributed by atoms with Gasteiger partial charge >= 0.3 is 0 Å². The van der Waals surface area contributed by atoms with Gasteiger partial charge in [0.15, 0.2) is 0 Å². The molecule has 2 N–H and O–H groups in total. The first-order valence-electron chi connectivity index (χ1n) is 8.01. The lowest BCUT2D eigenvalue weighted by molar-refractivity contribution is -0.117. The highest BCUT2D eigenvalue weighted by Crippen LogP contribution is 2.32. The van der Waals surface area contributed by atoms with Gasteiger partial charge in [-0.2, -0.15) is 0 Å². The van der Waals surface area contributed by atoms with Gasteiger partial charge in [-0.3, -0.25) is 4.79 Å². The second-order valence-corrected chi connectivity index (χ2v) is 6.09. The first-order chi connectivity index (χ1) is 11.5. The second-order valence-electron chi connectivity index (χ2n) is 6.09. The topological polar surface area (TPSA) is 58.6 Å². The number of hydrogen-bond acceptors (Lipinski definition) is 3. The molecular weight excluding hydrogens is 309 g/mol. The Kier molecular flexibility index (Phi) is 4.81. The third-order valence-electron chi connectivity index (χ3n) is 4.08. The molecular formula is C19H20FNO3. The fourth-order valence-electron chi connectivity index (χ4n) is 2.55. The van der Waals surface area contributed by atoms with Gasteiger partial charge < -0.3 is 15.2 Å². The van der Waals surface area contributed by atoms with Crippen LogP contribution < -0.4 is 10.1 Å². The molecule has 0 spiro atoms. The van der Waals surface area contributed by atoms with E-state index in [4.69, 9.17) is 4.74 Å². The number of carbonyl (C=O) groups is 1. The van der Waals surface area contributed by atoms with E-state index in [9.17, 15) is 14.3 Å². The van der Waals surface area contributed by atoms with Gasteiger partial charge in [-0.15, -0.1) is 0 Å². The molecule has 1 saturated carbocycles. The van der Waals surface area contributed by atoms with Crippen molar-refractivity contribution in [1.29, 1.82) is 0 Å². The van der Waals surface area contributed by atoms with Crippen molar-refractivity contribution in [2.45, 2.75) is 25.9 Å². The summed E-state index contributed by atoms with van der Waals surface area (Å²) in [5.74, 6) is 0.273. The fourth-order valence-corrected chi connectivity index (χ4v) is 2.55. The lowest BCUT2D eigenvalue weighted by Gasteiger charge is -2.17. The van der Waals surface area contributed by atoms with Crippen molar-refractivity contribution in [2.24, 2.45) is 5.92 Å². The van der Waals surface area contributed by atoms with E-state index in [0.29, 0.717) is 22.6 Å². The number of ether oxygens (including phenoxy) is 1. The Hall–Kier alpha value is -2.40. The van der Waals surface area contributed by atoms with Crippen molar-refractivity contribution in [3.63, 3.8) is 0 Å². The Labute approximate surface area is 140 Å². The summed E-state index contributed by atoms with van der Waals surface area (Å²) in [4.78, 5) is 11.9. The van der Waals surface area contributed by atoms with Gasteiger partial charge in [0.2, 0.25) is 5.91 Å². The van der Waals surface area contributed by atoms with Gasteiger partial charge in [-0.05, 0) is 55.2 Å². The molecule has 24 heavy (non-hydrogen) atoms. The Morgan fingerprint density at radius 3 is 2.79 bits per heavy atom. The molecule has 4 nitrogen and oxygen atoms in total. The number of benzene rings is 2. The number of halogens is 1. The van der Waals surface area contributed by atoms with Crippen LogP contribution in [0.5, 0.6) is 5.75 Å². The van der Waals surface area contributed by atoms with Gasteiger partial charge in [0.25, 0.3) is 0 Å². The zero-order valence-corrected chi connectivity index (χ0v) is 13.5. The molecule has 126 valence electrons. The van der Waals surface area contributed by atoms with E-state index in [1.165, 1.54) is 12.1 Å². The zero-order valence-electron chi connectivity index (χ0n) is 13.5. The van der Waals surface area contributed by atoms with Crippen LogP contribution in [-0.2, 0) is 4.79 Å². The maximum atomic E-state index is 13.2. The molecule has 1 unspecified atom stereocenters. The average Bonchev–Trinajstić information content (AvgIpc) is 3.38.